The van der Waals surface area contributed by atoms with Crippen LogP contribution >= 0.6 is 0 Å². The summed E-state index contributed by atoms with van der Waals surface area (Å²) in [4.78, 5) is 7.17. The lowest BCUT2D eigenvalue weighted by Crippen LogP contribution is -2.34. The normalized spacial score (nSPS) is 16.4. The van der Waals surface area contributed by atoms with Gasteiger partial charge in [-0.2, -0.15) is 0 Å². The first-order valence-corrected chi connectivity index (χ1v) is 8.97. The maximum atomic E-state index is 9.27. The summed E-state index contributed by atoms with van der Waals surface area (Å²) in [7, 11) is 1.69. The third-order valence-corrected chi connectivity index (χ3v) is 5.20. The summed E-state index contributed by atoms with van der Waals surface area (Å²) in [6.07, 6.45) is 2.11. The number of aromatic nitrogens is 1. The molecule has 25 heavy (non-hydrogen) atoms. The van der Waals surface area contributed by atoms with E-state index >= 15 is 0 Å². The minimum atomic E-state index is 0.303. The van der Waals surface area contributed by atoms with Crippen LogP contribution in [0.15, 0.2) is 16.5 Å². The molecular weight excluding hydrogens is 316 g/mol. The first-order valence-electron chi connectivity index (χ1n) is 8.97. The molecule has 0 spiro atoms. The smallest absolute Gasteiger partial charge is 0.226 e. The van der Waals surface area contributed by atoms with E-state index in [-0.39, 0.29) is 0 Å². The molecule has 0 atom stereocenters. The Kier molecular flexibility index (Phi) is 5.45. The van der Waals surface area contributed by atoms with Crippen molar-refractivity contribution in [1.82, 2.24) is 9.88 Å². The number of hydrogen-bond acceptors (Lipinski definition) is 5. The number of aliphatic hydroxyl groups excluding tert-OH is 1. The standard InChI is InChI=1S/C20H28N2O3/c1-13-10-19(24-4)14(2)9-17(13)20-21-18(15(3)25-20)11-22-7-5-16(12-23)6-8-22/h9-10,16,23H,5-8,11-12H2,1-4H3. The van der Waals surface area contributed by atoms with Crippen LogP contribution in [0.2, 0.25) is 0 Å². The van der Waals surface area contributed by atoms with E-state index in [4.69, 9.17) is 14.1 Å². The van der Waals surface area contributed by atoms with Crippen molar-refractivity contribution in [3.05, 3.63) is 34.7 Å². The number of aliphatic hydroxyl groups is 1. The van der Waals surface area contributed by atoms with Crippen molar-refractivity contribution < 1.29 is 14.3 Å². The molecule has 0 bridgehead atoms. The lowest BCUT2D eigenvalue weighted by atomic mass is 9.98. The maximum Gasteiger partial charge on any atom is 0.226 e. The van der Waals surface area contributed by atoms with Crippen LogP contribution in [0.3, 0.4) is 0 Å². The minimum Gasteiger partial charge on any atom is -0.496 e. The molecule has 1 N–H and O–H groups in total. The predicted molar refractivity (Wildman–Crippen MR) is 97.8 cm³/mol. The number of likely N-dealkylation sites (tertiary alicyclic amines) is 1. The molecule has 1 fully saturated rings. The molecule has 5 nitrogen and oxygen atoms in total. The molecule has 5 heteroatoms. The van der Waals surface area contributed by atoms with E-state index in [1.807, 2.05) is 19.9 Å². The SMILES string of the molecule is COc1cc(C)c(-c2nc(CN3CCC(CO)CC3)c(C)o2)cc1C. The Morgan fingerprint density at radius 3 is 2.56 bits per heavy atom. The second kappa shape index (κ2) is 7.58. The van der Waals surface area contributed by atoms with Crippen molar-refractivity contribution in [2.45, 2.75) is 40.2 Å². The molecule has 136 valence electrons. The number of ether oxygens (including phenoxy) is 1. The van der Waals surface area contributed by atoms with E-state index < -0.39 is 0 Å². The summed E-state index contributed by atoms with van der Waals surface area (Å²) in [6, 6.07) is 4.11. The number of benzene rings is 1. The number of aryl methyl sites for hydroxylation is 3. The van der Waals surface area contributed by atoms with Crippen molar-refractivity contribution in [1.29, 1.82) is 0 Å². The Morgan fingerprint density at radius 1 is 1.20 bits per heavy atom. The lowest BCUT2D eigenvalue weighted by Gasteiger charge is -2.30. The largest absolute Gasteiger partial charge is 0.496 e. The molecule has 1 aliphatic rings. The van der Waals surface area contributed by atoms with Crippen LogP contribution in [-0.4, -0.2) is 41.8 Å². The molecular formula is C20H28N2O3. The summed E-state index contributed by atoms with van der Waals surface area (Å²) in [5.41, 5.74) is 4.20. The van der Waals surface area contributed by atoms with E-state index in [2.05, 4.69) is 17.9 Å². The zero-order chi connectivity index (χ0) is 18.0. The van der Waals surface area contributed by atoms with Gasteiger partial charge in [0.25, 0.3) is 0 Å². The molecule has 1 saturated heterocycles. The van der Waals surface area contributed by atoms with Gasteiger partial charge < -0.3 is 14.3 Å². The van der Waals surface area contributed by atoms with Crippen LogP contribution in [0.5, 0.6) is 5.75 Å². The van der Waals surface area contributed by atoms with Gasteiger partial charge in [-0.05, 0) is 75.9 Å². The van der Waals surface area contributed by atoms with E-state index in [1.54, 1.807) is 7.11 Å². The monoisotopic (exact) mass is 344 g/mol. The summed E-state index contributed by atoms with van der Waals surface area (Å²) >= 11 is 0. The number of rotatable bonds is 5. The second-order valence-corrected chi connectivity index (χ2v) is 7.06. The number of piperidine rings is 1. The van der Waals surface area contributed by atoms with Crippen LogP contribution < -0.4 is 4.74 Å². The van der Waals surface area contributed by atoms with Crippen LogP contribution in [0.1, 0.15) is 35.4 Å². The van der Waals surface area contributed by atoms with E-state index in [1.165, 1.54) is 0 Å². The maximum absolute atomic E-state index is 9.27. The Labute approximate surface area is 149 Å². The van der Waals surface area contributed by atoms with Gasteiger partial charge in [0.2, 0.25) is 5.89 Å². The van der Waals surface area contributed by atoms with Crippen LogP contribution in [0.4, 0.5) is 0 Å². The lowest BCUT2D eigenvalue weighted by molar-refractivity contribution is 0.126. The van der Waals surface area contributed by atoms with Crippen molar-refractivity contribution in [3.63, 3.8) is 0 Å². The Hall–Kier alpha value is -1.85. The van der Waals surface area contributed by atoms with E-state index in [0.717, 1.165) is 66.4 Å². The molecule has 3 rings (SSSR count). The number of oxazole rings is 1. The van der Waals surface area contributed by atoms with Gasteiger partial charge in [-0.25, -0.2) is 4.98 Å². The highest BCUT2D eigenvalue weighted by atomic mass is 16.5. The summed E-state index contributed by atoms with van der Waals surface area (Å²) < 4.78 is 11.4. The molecule has 2 heterocycles. The highest BCUT2D eigenvalue weighted by molar-refractivity contribution is 5.62. The van der Waals surface area contributed by atoms with Gasteiger partial charge in [-0.15, -0.1) is 0 Å². The Balaban J connectivity index is 1.78. The van der Waals surface area contributed by atoms with Crippen LogP contribution in [-0.2, 0) is 6.54 Å². The highest BCUT2D eigenvalue weighted by Gasteiger charge is 2.21. The van der Waals surface area contributed by atoms with Crippen molar-refractivity contribution in [2.75, 3.05) is 26.8 Å². The molecule has 0 saturated carbocycles. The molecule has 2 aromatic rings. The van der Waals surface area contributed by atoms with Crippen molar-refractivity contribution >= 4 is 0 Å². The molecule has 1 aliphatic heterocycles. The van der Waals surface area contributed by atoms with Crippen LogP contribution in [0, 0.1) is 26.7 Å². The molecule has 1 aromatic heterocycles. The van der Waals surface area contributed by atoms with Gasteiger partial charge >= 0.3 is 0 Å². The fraction of sp³-hybridized carbons (Fsp3) is 0.550. The quantitative estimate of drug-likeness (QED) is 0.900. The first kappa shape index (κ1) is 18.0. The highest BCUT2D eigenvalue weighted by Crippen LogP contribution is 2.31. The minimum absolute atomic E-state index is 0.303. The predicted octanol–water partition coefficient (Wildman–Crippen LogP) is 3.48. The summed E-state index contributed by atoms with van der Waals surface area (Å²) in [6.45, 7) is 9.19. The average Bonchev–Trinajstić information content (AvgIpc) is 2.97. The van der Waals surface area contributed by atoms with Gasteiger partial charge in [0, 0.05) is 18.7 Å². The number of hydrogen-bond donors (Lipinski definition) is 1. The second-order valence-electron chi connectivity index (χ2n) is 7.06. The molecule has 0 unspecified atom stereocenters. The average molecular weight is 344 g/mol. The Bertz CT molecular complexity index is 731. The topological polar surface area (TPSA) is 58.7 Å². The molecule has 1 aromatic carbocycles. The van der Waals surface area contributed by atoms with E-state index in [9.17, 15) is 5.11 Å². The van der Waals surface area contributed by atoms with Gasteiger partial charge in [0.1, 0.15) is 11.5 Å². The van der Waals surface area contributed by atoms with Gasteiger partial charge in [-0.1, -0.05) is 0 Å². The number of nitrogens with zero attached hydrogens (tertiary/aromatic N) is 2. The fourth-order valence-corrected chi connectivity index (χ4v) is 3.47. The van der Waals surface area contributed by atoms with Gasteiger partial charge in [0.05, 0.1) is 12.8 Å². The first-order chi connectivity index (χ1) is 12.0. The third kappa shape index (κ3) is 3.88. The van der Waals surface area contributed by atoms with Crippen molar-refractivity contribution in [3.8, 4) is 17.2 Å². The van der Waals surface area contributed by atoms with E-state index in [0.29, 0.717) is 18.4 Å². The Morgan fingerprint density at radius 2 is 1.92 bits per heavy atom. The molecule has 0 radical (unpaired) electrons. The molecule has 0 amide bonds. The van der Waals surface area contributed by atoms with Crippen LogP contribution in [0.25, 0.3) is 11.5 Å². The molecule has 0 aliphatic carbocycles. The van der Waals surface area contributed by atoms with Crippen molar-refractivity contribution in [2.24, 2.45) is 5.92 Å². The van der Waals surface area contributed by atoms with Gasteiger partial charge in [0.15, 0.2) is 0 Å². The zero-order valence-corrected chi connectivity index (χ0v) is 15.6. The zero-order valence-electron chi connectivity index (χ0n) is 15.6. The number of methoxy groups -OCH3 is 1. The summed E-state index contributed by atoms with van der Waals surface area (Å²) in [5.74, 6) is 2.90. The van der Waals surface area contributed by atoms with Gasteiger partial charge in [-0.3, -0.25) is 4.90 Å². The summed E-state index contributed by atoms with van der Waals surface area (Å²) in [5, 5.41) is 9.27. The fourth-order valence-electron chi connectivity index (χ4n) is 3.47. The third-order valence-electron chi connectivity index (χ3n) is 5.20.